The Morgan fingerprint density at radius 1 is 1.27 bits per heavy atom. The summed E-state index contributed by atoms with van der Waals surface area (Å²) in [7, 11) is -0.204. The molecule has 3 nitrogen and oxygen atoms in total. The lowest BCUT2D eigenvalue weighted by Crippen LogP contribution is -2.47. The fourth-order valence-electron chi connectivity index (χ4n) is 1.61. The molecule has 0 radical (unpaired) electrons. The van der Waals surface area contributed by atoms with E-state index in [1.54, 1.807) is 11.3 Å². The third kappa shape index (κ3) is 2.41. The van der Waals surface area contributed by atoms with Crippen LogP contribution in [0, 0.1) is 19.3 Å². The van der Waals surface area contributed by atoms with Crippen LogP contribution in [0.4, 0.5) is 0 Å². The molecule has 0 aliphatic carbocycles. The van der Waals surface area contributed by atoms with Gasteiger partial charge in [-0.25, -0.2) is 4.98 Å². The SMILES string of the molecule is Cc1nc(C)c(B2OCC(C)(C)CO2)s1. The van der Waals surface area contributed by atoms with Gasteiger partial charge < -0.3 is 9.31 Å². The van der Waals surface area contributed by atoms with E-state index in [0.717, 1.165) is 28.7 Å². The summed E-state index contributed by atoms with van der Waals surface area (Å²) in [6.07, 6.45) is 0. The number of hydrogen-bond donors (Lipinski definition) is 0. The zero-order chi connectivity index (χ0) is 11.1. The minimum absolute atomic E-state index is 0.129. The minimum Gasteiger partial charge on any atom is -0.406 e. The van der Waals surface area contributed by atoms with Gasteiger partial charge in [-0.15, -0.1) is 11.3 Å². The van der Waals surface area contributed by atoms with Crippen LogP contribution >= 0.6 is 11.3 Å². The van der Waals surface area contributed by atoms with Crippen LogP contribution in [-0.4, -0.2) is 25.3 Å². The van der Waals surface area contributed by atoms with Crippen molar-refractivity contribution in [3.8, 4) is 0 Å². The Morgan fingerprint density at radius 3 is 2.33 bits per heavy atom. The van der Waals surface area contributed by atoms with Crippen LogP contribution in [0.15, 0.2) is 0 Å². The van der Waals surface area contributed by atoms with Gasteiger partial charge in [0, 0.05) is 24.3 Å². The van der Waals surface area contributed by atoms with Gasteiger partial charge in [0.15, 0.2) is 0 Å². The second-order valence-electron chi connectivity index (χ2n) is 4.80. The normalized spacial score (nSPS) is 20.7. The van der Waals surface area contributed by atoms with E-state index in [-0.39, 0.29) is 12.5 Å². The first-order valence-corrected chi connectivity index (χ1v) is 5.97. The Morgan fingerprint density at radius 2 is 1.87 bits per heavy atom. The van der Waals surface area contributed by atoms with E-state index in [4.69, 9.17) is 9.31 Å². The van der Waals surface area contributed by atoms with Crippen molar-refractivity contribution in [1.29, 1.82) is 0 Å². The van der Waals surface area contributed by atoms with Gasteiger partial charge >= 0.3 is 7.12 Å². The maximum Gasteiger partial charge on any atom is 0.506 e. The van der Waals surface area contributed by atoms with Crippen molar-refractivity contribution in [2.45, 2.75) is 27.7 Å². The van der Waals surface area contributed by atoms with Gasteiger partial charge in [0.05, 0.1) is 9.78 Å². The first-order chi connectivity index (χ1) is 6.98. The highest BCUT2D eigenvalue weighted by Crippen LogP contribution is 2.22. The monoisotopic (exact) mass is 225 g/mol. The fourth-order valence-corrected chi connectivity index (χ4v) is 2.54. The minimum atomic E-state index is -0.204. The van der Waals surface area contributed by atoms with Crippen LogP contribution in [0.3, 0.4) is 0 Å². The Labute approximate surface area is 95.0 Å². The predicted molar refractivity (Wildman–Crippen MR) is 62.7 cm³/mol. The van der Waals surface area contributed by atoms with E-state index in [9.17, 15) is 0 Å². The van der Waals surface area contributed by atoms with Crippen molar-refractivity contribution in [3.05, 3.63) is 10.7 Å². The second-order valence-corrected chi connectivity index (χ2v) is 6.04. The standard InChI is InChI=1S/C10H16BNO2S/c1-7-9(15-8(2)12-7)11-13-5-10(3,4)6-14-11/h5-6H2,1-4H3. The lowest BCUT2D eigenvalue weighted by molar-refractivity contribution is 0.0345. The van der Waals surface area contributed by atoms with Gasteiger partial charge in [-0.05, 0) is 13.8 Å². The van der Waals surface area contributed by atoms with Crippen molar-refractivity contribution in [1.82, 2.24) is 4.98 Å². The first kappa shape index (κ1) is 11.1. The first-order valence-electron chi connectivity index (χ1n) is 5.15. The molecular formula is C10H16BNO2S. The second kappa shape index (κ2) is 3.89. The van der Waals surface area contributed by atoms with E-state index in [2.05, 4.69) is 18.8 Å². The highest BCUT2D eigenvalue weighted by Gasteiger charge is 2.35. The summed E-state index contributed by atoms with van der Waals surface area (Å²) < 4.78 is 12.6. The summed E-state index contributed by atoms with van der Waals surface area (Å²) in [5.41, 5.74) is 1.16. The van der Waals surface area contributed by atoms with Gasteiger partial charge in [-0.1, -0.05) is 13.8 Å². The smallest absolute Gasteiger partial charge is 0.406 e. The molecule has 0 atom stereocenters. The van der Waals surface area contributed by atoms with Crippen molar-refractivity contribution in [3.63, 3.8) is 0 Å². The van der Waals surface area contributed by atoms with Crippen molar-refractivity contribution in [2.75, 3.05) is 13.2 Å². The molecule has 0 unspecified atom stereocenters. The zero-order valence-corrected chi connectivity index (χ0v) is 10.5. The van der Waals surface area contributed by atoms with E-state index in [1.807, 2.05) is 13.8 Å². The predicted octanol–water partition coefficient (Wildman–Crippen LogP) is 1.53. The molecular weight excluding hydrogens is 209 g/mol. The molecule has 0 spiro atoms. The molecule has 1 saturated heterocycles. The maximum atomic E-state index is 5.72. The highest BCUT2D eigenvalue weighted by atomic mass is 32.1. The van der Waals surface area contributed by atoms with Crippen molar-refractivity contribution >= 4 is 23.2 Å². The summed E-state index contributed by atoms with van der Waals surface area (Å²) in [5.74, 6) is 0. The van der Waals surface area contributed by atoms with Gasteiger partial charge in [0.1, 0.15) is 0 Å². The summed E-state index contributed by atoms with van der Waals surface area (Å²) in [6, 6.07) is 0. The number of aromatic nitrogens is 1. The van der Waals surface area contributed by atoms with E-state index in [1.165, 1.54) is 0 Å². The molecule has 0 aromatic carbocycles. The molecule has 1 aromatic rings. The molecule has 0 amide bonds. The number of nitrogens with zero attached hydrogens (tertiary/aromatic N) is 1. The average Bonchev–Trinajstić information content (AvgIpc) is 2.45. The molecule has 0 bridgehead atoms. The Bertz CT molecular complexity index is 354. The van der Waals surface area contributed by atoms with Crippen molar-refractivity contribution in [2.24, 2.45) is 5.41 Å². The number of hydrogen-bond acceptors (Lipinski definition) is 4. The number of thiazole rings is 1. The van der Waals surface area contributed by atoms with E-state index in [0.29, 0.717) is 0 Å². The fraction of sp³-hybridized carbons (Fsp3) is 0.700. The Balaban J connectivity index is 2.11. The third-order valence-electron chi connectivity index (χ3n) is 2.40. The van der Waals surface area contributed by atoms with Gasteiger partial charge in [0.2, 0.25) is 0 Å². The lowest BCUT2D eigenvalue weighted by atomic mass is 9.81. The van der Waals surface area contributed by atoms with Gasteiger partial charge in [-0.3, -0.25) is 0 Å². The maximum absolute atomic E-state index is 5.72. The molecule has 5 heteroatoms. The van der Waals surface area contributed by atoms with Gasteiger partial charge in [0.25, 0.3) is 0 Å². The third-order valence-corrected chi connectivity index (χ3v) is 3.50. The molecule has 2 rings (SSSR count). The Kier molecular flexibility index (Phi) is 2.88. The summed E-state index contributed by atoms with van der Waals surface area (Å²) in [5, 5.41) is 1.07. The molecule has 1 aromatic heterocycles. The molecule has 0 N–H and O–H groups in total. The van der Waals surface area contributed by atoms with E-state index < -0.39 is 0 Å². The summed E-state index contributed by atoms with van der Waals surface area (Å²) in [4.78, 5) is 4.38. The molecule has 1 aliphatic rings. The molecule has 15 heavy (non-hydrogen) atoms. The van der Waals surface area contributed by atoms with Crippen LogP contribution in [0.2, 0.25) is 0 Å². The quantitative estimate of drug-likeness (QED) is 0.679. The molecule has 82 valence electrons. The molecule has 0 saturated carbocycles. The average molecular weight is 225 g/mol. The molecule has 1 fully saturated rings. The molecule has 2 heterocycles. The number of aryl methyl sites for hydroxylation is 2. The Hall–Kier alpha value is -0.385. The van der Waals surface area contributed by atoms with Crippen LogP contribution < -0.4 is 4.78 Å². The van der Waals surface area contributed by atoms with E-state index >= 15 is 0 Å². The zero-order valence-electron chi connectivity index (χ0n) is 9.66. The highest BCUT2D eigenvalue weighted by molar-refractivity contribution is 7.22. The van der Waals surface area contributed by atoms with Crippen LogP contribution in [0.25, 0.3) is 0 Å². The summed E-state index contributed by atoms with van der Waals surface area (Å²) >= 11 is 1.66. The van der Waals surface area contributed by atoms with Crippen LogP contribution in [-0.2, 0) is 9.31 Å². The van der Waals surface area contributed by atoms with Crippen LogP contribution in [0.1, 0.15) is 24.5 Å². The van der Waals surface area contributed by atoms with Crippen LogP contribution in [0.5, 0.6) is 0 Å². The van der Waals surface area contributed by atoms with Gasteiger partial charge in [-0.2, -0.15) is 0 Å². The number of rotatable bonds is 1. The molecule has 1 aliphatic heterocycles. The largest absolute Gasteiger partial charge is 0.506 e. The topological polar surface area (TPSA) is 31.4 Å². The lowest BCUT2D eigenvalue weighted by Gasteiger charge is -2.32. The van der Waals surface area contributed by atoms with Crippen molar-refractivity contribution < 1.29 is 9.31 Å². The summed E-state index contributed by atoms with van der Waals surface area (Å²) in [6.45, 7) is 9.79.